The van der Waals surface area contributed by atoms with Crippen LogP contribution in [0.1, 0.15) is 45.4 Å². The van der Waals surface area contributed by atoms with E-state index in [9.17, 15) is 4.79 Å². The Hall–Kier alpha value is -0.830. The summed E-state index contributed by atoms with van der Waals surface area (Å²) in [6.07, 6.45) is 8.06. The molecule has 0 heterocycles. The molecule has 0 fully saturated rings. The molecule has 0 radical (unpaired) electrons. The number of rotatable bonds is 6. The first-order valence-corrected chi connectivity index (χ1v) is 6.18. The molecular formula is C13H22O3. The number of carbonyl (C=O) groups is 1. The molecule has 0 aromatic heterocycles. The monoisotopic (exact) mass is 226 g/mol. The molecule has 0 bridgehead atoms. The van der Waals surface area contributed by atoms with Crippen molar-refractivity contribution in [2.24, 2.45) is 0 Å². The van der Waals surface area contributed by atoms with Gasteiger partial charge in [-0.3, -0.25) is 0 Å². The van der Waals surface area contributed by atoms with Crippen LogP contribution in [-0.4, -0.2) is 25.8 Å². The maximum atomic E-state index is 11.7. The zero-order valence-corrected chi connectivity index (χ0v) is 10.3. The van der Waals surface area contributed by atoms with Gasteiger partial charge in [0, 0.05) is 12.7 Å². The summed E-state index contributed by atoms with van der Waals surface area (Å²) >= 11 is 0. The lowest BCUT2D eigenvalue weighted by Gasteiger charge is -2.18. The second-order valence-electron chi connectivity index (χ2n) is 4.20. The molecule has 0 N–H and O–H groups in total. The number of unbranched alkanes of at least 4 members (excludes halogenated alkanes) is 2. The standard InChI is InChI=1S/C13H22O3/c1-3-4-5-9-16-13(14)11-7-6-8-12(10-11)15-2/h10,12H,3-9H2,1-2H3. The van der Waals surface area contributed by atoms with Crippen molar-refractivity contribution in [3.63, 3.8) is 0 Å². The molecule has 1 atom stereocenters. The molecular weight excluding hydrogens is 204 g/mol. The first kappa shape index (κ1) is 13.2. The Morgan fingerprint density at radius 2 is 2.31 bits per heavy atom. The maximum absolute atomic E-state index is 11.7. The van der Waals surface area contributed by atoms with Gasteiger partial charge in [0.15, 0.2) is 0 Å². The van der Waals surface area contributed by atoms with E-state index in [1.807, 2.05) is 6.08 Å². The molecule has 0 spiro atoms. The smallest absolute Gasteiger partial charge is 0.333 e. The average molecular weight is 226 g/mol. The summed E-state index contributed by atoms with van der Waals surface area (Å²) in [5.41, 5.74) is 0.787. The van der Waals surface area contributed by atoms with E-state index in [1.165, 1.54) is 0 Å². The minimum atomic E-state index is -0.155. The van der Waals surface area contributed by atoms with Crippen LogP contribution in [0.2, 0.25) is 0 Å². The van der Waals surface area contributed by atoms with E-state index in [1.54, 1.807) is 7.11 Å². The molecule has 3 heteroatoms. The Bertz CT molecular complexity index is 246. The van der Waals surface area contributed by atoms with E-state index in [4.69, 9.17) is 9.47 Å². The van der Waals surface area contributed by atoms with E-state index in [-0.39, 0.29) is 12.1 Å². The van der Waals surface area contributed by atoms with Crippen LogP contribution in [0.5, 0.6) is 0 Å². The van der Waals surface area contributed by atoms with E-state index in [0.29, 0.717) is 6.61 Å². The van der Waals surface area contributed by atoms with Gasteiger partial charge in [-0.05, 0) is 31.8 Å². The summed E-state index contributed by atoms with van der Waals surface area (Å²) in [6, 6.07) is 0. The van der Waals surface area contributed by atoms with E-state index < -0.39 is 0 Å². The normalized spacial score (nSPS) is 20.4. The highest BCUT2D eigenvalue weighted by atomic mass is 16.5. The summed E-state index contributed by atoms with van der Waals surface area (Å²) in [6.45, 7) is 2.68. The minimum Gasteiger partial charge on any atom is -0.462 e. The highest BCUT2D eigenvalue weighted by Gasteiger charge is 2.18. The van der Waals surface area contributed by atoms with E-state index >= 15 is 0 Å². The summed E-state index contributed by atoms with van der Waals surface area (Å²) in [5.74, 6) is -0.155. The van der Waals surface area contributed by atoms with Crippen molar-refractivity contribution in [3.8, 4) is 0 Å². The molecule has 0 saturated heterocycles. The summed E-state index contributed by atoms with van der Waals surface area (Å²) in [7, 11) is 1.68. The van der Waals surface area contributed by atoms with Crippen molar-refractivity contribution in [3.05, 3.63) is 11.6 Å². The van der Waals surface area contributed by atoms with Crippen molar-refractivity contribution in [2.45, 2.75) is 51.6 Å². The van der Waals surface area contributed by atoms with Crippen molar-refractivity contribution in [1.29, 1.82) is 0 Å². The summed E-state index contributed by atoms with van der Waals surface area (Å²) < 4.78 is 10.4. The Morgan fingerprint density at radius 3 is 3.00 bits per heavy atom. The van der Waals surface area contributed by atoms with Crippen LogP contribution in [-0.2, 0) is 14.3 Å². The SMILES string of the molecule is CCCCCOC(=O)C1=CC(OC)CCC1. The Labute approximate surface area is 97.8 Å². The molecule has 0 amide bonds. The molecule has 16 heavy (non-hydrogen) atoms. The summed E-state index contributed by atoms with van der Waals surface area (Å²) in [5, 5.41) is 0. The van der Waals surface area contributed by atoms with Gasteiger partial charge in [-0.2, -0.15) is 0 Å². The van der Waals surface area contributed by atoms with Crippen LogP contribution in [0.4, 0.5) is 0 Å². The molecule has 1 rings (SSSR count). The molecule has 0 aliphatic heterocycles. The minimum absolute atomic E-state index is 0.0898. The van der Waals surface area contributed by atoms with Gasteiger partial charge in [-0.15, -0.1) is 0 Å². The molecule has 1 aliphatic rings. The summed E-state index contributed by atoms with van der Waals surface area (Å²) in [4.78, 5) is 11.7. The van der Waals surface area contributed by atoms with Crippen LogP contribution >= 0.6 is 0 Å². The zero-order chi connectivity index (χ0) is 11.8. The average Bonchev–Trinajstić information content (AvgIpc) is 2.34. The second-order valence-corrected chi connectivity index (χ2v) is 4.20. The van der Waals surface area contributed by atoms with Crippen LogP contribution in [0.3, 0.4) is 0 Å². The highest BCUT2D eigenvalue weighted by molar-refractivity contribution is 5.88. The van der Waals surface area contributed by atoms with Crippen LogP contribution in [0, 0.1) is 0 Å². The lowest BCUT2D eigenvalue weighted by atomic mass is 9.97. The van der Waals surface area contributed by atoms with Crippen molar-refractivity contribution < 1.29 is 14.3 Å². The third-order valence-corrected chi connectivity index (χ3v) is 2.87. The van der Waals surface area contributed by atoms with Crippen molar-refractivity contribution in [1.82, 2.24) is 0 Å². The van der Waals surface area contributed by atoms with Gasteiger partial charge in [0.25, 0.3) is 0 Å². The lowest BCUT2D eigenvalue weighted by Crippen LogP contribution is -2.18. The molecule has 0 aromatic rings. The van der Waals surface area contributed by atoms with Gasteiger partial charge < -0.3 is 9.47 Å². The predicted octanol–water partition coefficient (Wildman–Crippen LogP) is 2.85. The predicted molar refractivity (Wildman–Crippen MR) is 63.2 cm³/mol. The Kier molecular flexibility index (Phi) is 6.16. The lowest BCUT2D eigenvalue weighted by molar-refractivity contribution is -0.139. The number of ether oxygens (including phenoxy) is 2. The number of hydrogen-bond acceptors (Lipinski definition) is 3. The first-order valence-electron chi connectivity index (χ1n) is 6.18. The van der Waals surface area contributed by atoms with Gasteiger partial charge >= 0.3 is 5.97 Å². The van der Waals surface area contributed by atoms with E-state index in [2.05, 4.69) is 6.92 Å². The molecule has 0 saturated carbocycles. The third kappa shape index (κ3) is 4.35. The van der Waals surface area contributed by atoms with Gasteiger partial charge in [0.2, 0.25) is 0 Å². The highest BCUT2D eigenvalue weighted by Crippen LogP contribution is 2.20. The van der Waals surface area contributed by atoms with Crippen molar-refractivity contribution >= 4 is 5.97 Å². The van der Waals surface area contributed by atoms with Gasteiger partial charge in [-0.25, -0.2) is 4.79 Å². The first-order chi connectivity index (χ1) is 7.77. The second kappa shape index (κ2) is 7.44. The molecule has 3 nitrogen and oxygen atoms in total. The topological polar surface area (TPSA) is 35.5 Å². The van der Waals surface area contributed by atoms with Crippen LogP contribution in [0.15, 0.2) is 11.6 Å². The third-order valence-electron chi connectivity index (χ3n) is 2.87. The number of methoxy groups -OCH3 is 1. The molecule has 92 valence electrons. The Balaban J connectivity index is 2.32. The maximum Gasteiger partial charge on any atom is 0.333 e. The Morgan fingerprint density at radius 1 is 1.50 bits per heavy atom. The fraction of sp³-hybridized carbons (Fsp3) is 0.769. The fourth-order valence-electron chi connectivity index (χ4n) is 1.85. The molecule has 1 unspecified atom stereocenters. The van der Waals surface area contributed by atoms with Gasteiger partial charge in [0.05, 0.1) is 12.7 Å². The molecule has 1 aliphatic carbocycles. The molecule has 0 aromatic carbocycles. The van der Waals surface area contributed by atoms with Crippen molar-refractivity contribution in [2.75, 3.05) is 13.7 Å². The van der Waals surface area contributed by atoms with Crippen LogP contribution < -0.4 is 0 Å². The van der Waals surface area contributed by atoms with Gasteiger partial charge in [-0.1, -0.05) is 19.8 Å². The largest absolute Gasteiger partial charge is 0.462 e. The fourth-order valence-corrected chi connectivity index (χ4v) is 1.85. The van der Waals surface area contributed by atoms with Gasteiger partial charge in [0.1, 0.15) is 0 Å². The number of hydrogen-bond donors (Lipinski definition) is 0. The number of esters is 1. The quantitative estimate of drug-likeness (QED) is 0.516. The van der Waals surface area contributed by atoms with E-state index in [0.717, 1.165) is 44.1 Å². The van der Waals surface area contributed by atoms with Crippen LogP contribution in [0.25, 0.3) is 0 Å². The zero-order valence-electron chi connectivity index (χ0n) is 10.3. The number of carbonyl (C=O) groups excluding carboxylic acids is 1.